The first-order chi connectivity index (χ1) is 16.1. The highest BCUT2D eigenvalue weighted by Gasteiger charge is 2.40. The van der Waals surface area contributed by atoms with Gasteiger partial charge in [-0.05, 0) is 43.7 Å². The molecule has 0 aliphatic carbocycles. The molecule has 7 nitrogen and oxygen atoms in total. The van der Waals surface area contributed by atoms with Crippen LogP contribution in [-0.2, 0) is 9.63 Å². The predicted octanol–water partition coefficient (Wildman–Crippen LogP) is 3.84. The zero-order valence-electron chi connectivity index (χ0n) is 19.0. The van der Waals surface area contributed by atoms with Crippen LogP contribution in [0, 0.1) is 6.92 Å². The monoisotopic (exact) mass is 476 g/mol. The van der Waals surface area contributed by atoms with Crippen LogP contribution in [0.25, 0.3) is 0 Å². The summed E-state index contributed by atoms with van der Waals surface area (Å²) >= 11 is 0. The van der Waals surface area contributed by atoms with E-state index >= 15 is 0 Å². The Morgan fingerprint density at radius 3 is 2.44 bits per heavy atom. The molecule has 0 unspecified atom stereocenters. The lowest BCUT2D eigenvalue weighted by molar-refractivity contribution is -0.274. The molecule has 0 radical (unpaired) electrons. The molecule has 2 aliphatic heterocycles. The second kappa shape index (κ2) is 9.63. The number of hydroxylamine groups is 1. The number of rotatable bonds is 6. The minimum Gasteiger partial charge on any atom is -0.406 e. The number of amidine groups is 1. The highest BCUT2D eigenvalue weighted by Crippen LogP contribution is 2.31. The van der Waals surface area contributed by atoms with E-state index in [1.165, 1.54) is 29.8 Å². The average molecular weight is 476 g/mol. The van der Waals surface area contributed by atoms with Gasteiger partial charge in [-0.2, -0.15) is 0 Å². The number of aryl methyl sites for hydroxylation is 1. The Balaban J connectivity index is 1.28. The van der Waals surface area contributed by atoms with Crippen LogP contribution in [-0.4, -0.2) is 48.4 Å². The quantitative estimate of drug-likeness (QED) is 0.663. The molecule has 1 saturated heterocycles. The van der Waals surface area contributed by atoms with E-state index in [-0.39, 0.29) is 24.2 Å². The van der Waals surface area contributed by atoms with Gasteiger partial charge < -0.3 is 10.1 Å². The lowest BCUT2D eigenvalue weighted by Crippen LogP contribution is -2.47. The number of alkyl halides is 3. The molecule has 2 heterocycles. The van der Waals surface area contributed by atoms with Crippen LogP contribution in [0.4, 0.5) is 13.2 Å². The van der Waals surface area contributed by atoms with Gasteiger partial charge in [-0.25, -0.2) is 15.3 Å². The highest BCUT2D eigenvalue weighted by atomic mass is 19.4. The summed E-state index contributed by atoms with van der Waals surface area (Å²) in [5, 5.41) is 3.04. The third-order valence-electron chi connectivity index (χ3n) is 5.97. The number of nitrogens with one attached hydrogen (secondary N) is 2. The van der Waals surface area contributed by atoms with Gasteiger partial charge in [0.15, 0.2) is 11.6 Å². The van der Waals surface area contributed by atoms with Gasteiger partial charge in [-0.1, -0.05) is 29.8 Å². The van der Waals surface area contributed by atoms with Gasteiger partial charge >= 0.3 is 6.36 Å². The van der Waals surface area contributed by atoms with E-state index in [0.717, 1.165) is 5.56 Å². The Labute approximate surface area is 195 Å². The van der Waals surface area contributed by atoms with Crippen molar-refractivity contribution in [1.29, 1.82) is 0 Å². The summed E-state index contributed by atoms with van der Waals surface area (Å²) in [7, 11) is 0. The Morgan fingerprint density at radius 2 is 1.82 bits per heavy atom. The van der Waals surface area contributed by atoms with Gasteiger partial charge in [0.05, 0.1) is 12.6 Å². The number of hydrogen-bond donors (Lipinski definition) is 2. The van der Waals surface area contributed by atoms with E-state index in [2.05, 4.69) is 25.4 Å². The van der Waals surface area contributed by atoms with E-state index in [9.17, 15) is 18.0 Å². The largest absolute Gasteiger partial charge is 0.573 e. The van der Waals surface area contributed by atoms with Crippen LogP contribution in [0.1, 0.15) is 42.5 Å². The molecule has 2 aliphatic rings. The SMILES string of the molecule is Cc1ccc([C@H](C)NC(=O)CN2CCC3(CC2)N=C(c2ccc(OC(F)(F)F)cc2)NO3)cc1. The molecule has 10 heteroatoms. The Kier molecular flexibility index (Phi) is 6.81. The zero-order chi connectivity index (χ0) is 24.3. The number of benzene rings is 2. The summed E-state index contributed by atoms with van der Waals surface area (Å²) in [6.07, 6.45) is -3.57. The first kappa shape index (κ1) is 24.0. The van der Waals surface area contributed by atoms with E-state index in [4.69, 9.17) is 4.84 Å². The number of halogens is 3. The smallest absolute Gasteiger partial charge is 0.406 e. The summed E-state index contributed by atoms with van der Waals surface area (Å²) in [6.45, 7) is 5.53. The van der Waals surface area contributed by atoms with Gasteiger partial charge in [0, 0.05) is 31.5 Å². The second-order valence-electron chi connectivity index (χ2n) is 8.66. The van der Waals surface area contributed by atoms with Crippen LogP contribution in [0.15, 0.2) is 53.5 Å². The van der Waals surface area contributed by atoms with Gasteiger partial charge in [0.1, 0.15) is 5.75 Å². The number of carbonyl (C=O) groups is 1. The summed E-state index contributed by atoms with van der Waals surface area (Å²) in [6, 6.07) is 13.5. The van der Waals surface area contributed by atoms with E-state index < -0.39 is 12.1 Å². The fraction of sp³-hybridized carbons (Fsp3) is 0.417. The summed E-state index contributed by atoms with van der Waals surface area (Å²) in [5.41, 5.74) is 4.87. The van der Waals surface area contributed by atoms with Crippen LogP contribution in [0.2, 0.25) is 0 Å². The van der Waals surface area contributed by atoms with Crippen molar-refractivity contribution >= 4 is 11.7 Å². The topological polar surface area (TPSA) is 75.2 Å². The molecule has 0 aromatic heterocycles. The fourth-order valence-corrected chi connectivity index (χ4v) is 4.03. The summed E-state index contributed by atoms with van der Waals surface area (Å²) in [5.74, 6) is 0.116. The third kappa shape index (κ3) is 6.06. The minimum absolute atomic E-state index is 0.0418. The molecule has 1 atom stereocenters. The van der Waals surface area contributed by atoms with E-state index in [1.807, 2.05) is 38.1 Å². The number of nitrogens with zero attached hydrogens (tertiary/aromatic N) is 2. The molecule has 2 aromatic rings. The van der Waals surface area contributed by atoms with Crippen LogP contribution in [0.3, 0.4) is 0 Å². The maximum absolute atomic E-state index is 12.5. The number of piperidine rings is 1. The Bertz CT molecular complexity index is 1030. The molecular formula is C24H27F3N4O3. The molecule has 2 aromatic carbocycles. The van der Waals surface area contributed by atoms with Gasteiger partial charge in [-0.15, -0.1) is 13.2 Å². The normalized spacial score (nSPS) is 18.8. The second-order valence-corrected chi connectivity index (χ2v) is 8.66. The van der Waals surface area contributed by atoms with Crippen molar-refractivity contribution in [2.24, 2.45) is 4.99 Å². The number of carbonyl (C=O) groups excluding carboxylic acids is 1. The van der Waals surface area contributed by atoms with Crippen molar-refractivity contribution in [3.63, 3.8) is 0 Å². The van der Waals surface area contributed by atoms with Crippen LogP contribution in [0.5, 0.6) is 5.75 Å². The molecule has 4 rings (SSSR count). The number of likely N-dealkylation sites (tertiary alicyclic amines) is 1. The molecule has 1 amide bonds. The lowest BCUT2D eigenvalue weighted by Gasteiger charge is -2.35. The molecule has 2 N–H and O–H groups in total. The summed E-state index contributed by atoms with van der Waals surface area (Å²) < 4.78 is 40.9. The molecule has 0 saturated carbocycles. The first-order valence-electron chi connectivity index (χ1n) is 11.1. The van der Waals surface area contributed by atoms with E-state index in [1.54, 1.807) is 0 Å². The highest BCUT2D eigenvalue weighted by molar-refractivity contribution is 5.99. The van der Waals surface area contributed by atoms with Crippen molar-refractivity contribution in [2.75, 3.05) is 19.6 Å². The molecule has 1 spiro atoms. The predicted molar refractivity (Wildman–Crippen MR) is 120 cm³/mol. The molecular weight excluding hydrogens is 449 g/mol. The summed E-state index contributed by atoms with van der Waals surface area (Å²) in [4.78, 5) is 25.0. The number of ether oxygens (including phenoxy) is 1. The third-order valence-corrected chi connectivity index (χ3v) is 5.97. The van der Waals surface area contributed by atoms with Crippen molar-refractivity contribution < 1.29 is 27.5 Å². The lowest BCUT2D eigenvalue weighted by atomic mass is 10.0. The van der Waals surface area contributed by atoms with Gasteiger partial charge in [0.2, 0.25) is 5.91 Å². The van der Waals surface area contributed by atoms with Crippen LogP contribution < -0.4 is 15.5 Å². The molecule has 0 bridgehead atoms. The number of hydrogen-bond acceptors (Lipinski definition) is 6. The van der Waals surface area contributed by atoms with Crippen molar-refractivity contribution in [1.82, 2.24) is 15.7 Å². The fourth-order valence-electron chi connectivity index (χ4n) is 4.03. The van der Waals surface area contributed by atoms with Gasteiger partial charge in [-0.3, -0.25) is 9.69 Å². The van der Waals surface area contributed by atoms with E-state index in [0.29, 0.717) is 37.3 Å². The van der Waals surface area contributed by atoms with Crippen molar-refractivity contribution in [2.45, 2.75) is 44.8 Å². The van der Waals surface area contributed by atoms with Crippen molar-refractivity contribution in [3.05, 3.63) is 65.2 Å². The number of amides is 1. The van der Waals surface area contributed by atoms with Crippen LogP contribution >= 0.6 is 0 Å². The molecule has 1 fully saturated rings. The van der Waals surface area contributed by atoms with Gasteiger partial charge in [0.25, 0.3) is 0 Å². The Morgan fingerprint density at radius 1 is 1.18 bits per heavy atom. The number of aliphatic imine (C=N–C) groups is 1. The maximum Gasteiger partial charge on any atom is 0.573 e. The molecule has 182 valence electrons. The average Bonchev–Trinajstić information content (AvgIpc) is 3.19. The zero-order valence-corrected chi connectivity index (χ0v) is 19.0. The minimum atomic E-state index is -4.73. The molecule has 34 heavy (non-hydrogen) atoms. The Hall–Kier alpha value is -3.11. The van der Waals surface area contributed by atoms with Crippen molar-refractivity contribution in [3.8, 4) is 5.75 Å². The first-order valence-corrected chi connectivity index (χ1v) is 11.1. The maximum atomic E-state index is 12.5. The standard InChI is InChI=1S/C24H27F3N4O3/c1-16-3-5-18(6-4-16)17(2)28-21(32)15-31-13-11-23(12-14-31)29-22(30-34-23)19-7-9-20(10-8-19)33-24(25,26)27/h3-10,17H,11-15H2,1-2H3,(H,28,32)(H,29,30)/t17-/m0/s1.